The molecule has 0 aliphatic carbocycles. The Balaban J connectivity index is 1.57. The first-order valence-electron chi connectivity index (χ1n) is 7.75. The number of nitrogens with one attached hydrogen (secondary N) is 1. The summed E-state index contributed by atoms with van der Waals surface area (Å²) in [6, 6.07) is 7.82. The van der Waals surface area contributed by atoms with Gasteiger partial charge in [0.2, 0.25) is 0 Å². The summed E-state index contributed by atoms with van der Waals surface area (Å²) in [5.74, 6) is 0.104. The fraction of sp³-hybridized carbons (Fsp3) is 0.471. The van der Waals surface area contributed by atoms with Crippen LogP contribution in [0.3, 0.4) is 0 Å². The molecule has 2 aromatic rings. The zero-order valence-corrected chi connectivity index (χ0v) is 12.9. The molecule has 1 amide bonds. The summed E-state index contributed by atoms with van der Waals surface area (Å²) in [5.41, 5.74) is 1.75. The van der Waals surface area contributed by atoms with Crippen LogP contribution in [0.25, 0.3) is 10.9 Å². The van der Waals surface area contributed by atoms with Crippen LogP contribution < -0.4 is 0 Å². The molecule has 1 aliphatic heterocycles. The van der Waals surface area contributed by atoms with Gasteiger partial charge >= 0.3 is 0 Å². The summed E-state index contributed by atoms with van der Waals surface area (Å²) in [5, 5.41) is 1.13. The number of aromatic amines is 1. The minimum Gasteiger partial charge on any atom is -0.382 e. The molecule has 1 aromatic heterocycles. The van der Waals surface area contributed by atoms with Gasteiger partial charge in [-0.3, -0.25) is 4.79 Å². The predicted octanol–water partition coefficient (Wildman–Crippen LogP) is 2.44. The highest BCUT2D eigenvalue weighted by atomic mass is 16.5. The van der Waals surface area contributed by atoms with E-state index in [1.165, 1.54) is 0 Å². The van der Waals surface area contributed by atoms with Gasteiger partial charge in [0, 0.05) is 37.5 Å². The van der Waals surface area contributed by atoms with Gasteiger partial charge in [0.05, 0.1) is 19.3 Å². The van der Waals surface area contributed by atoms with Crippen LogP contribution in [-0.2, 0) is 9.47 Å². The van der Waals surface area contributed by atoms with Crippen molar-refractivity contribution in [1.82, 2.24) is 9.88 Å². The number of H-pyrrole nitrogens is 1. The van der Waals surface area contributed by atoms with Crippen molar-refractivity contribution in [2.45, 2.75) is 18.9 Å². The maximum atomic E-state index is 12.6. The molecular weight excluding hydrogens is 280 g/mol. The van der Waals surface area contributed by atoms with Gasteiger partial charge in [0.15, 0.2) is 0 Å². The molecule has 0 bridgehead atoms. The van der Waals surface area contributed by atoms with E-state index in [1.54, 1.807) is 7.11 Å². The van der Waals surface area contributed by atoms with Crippen LogP contribution in [0.1, 0.15) is 23.2 Å². The van der Waals surface area contributed by atoms with Crippen LogP contribution in [0.5, 0.6) is 0 Å². The first kappa shape index (κ1) is 15.1. The van der Waals surface area contributed by atoms with E-state index >= 15 is 0 Å². The molecule has 0 unspecified atom stereocenters. The van der Waals surface area contributed by atoms with Gasteiger partial charge in [-0.2, -0.15) is 0 Å². The van der Waals surface area contributed by atoms with Gasteiger partial charge in [0.25, 0.3) is 5.91 Å². The number of hydrogen-bond donors (Lipinski definition) is 1. The molecule has 0 atom stereocenters. The van der Waals surface area contributed by atoms with Crippen molar-refractivity contribution in [2.75, 3.05) is 33.4 Å². The third-order valence-corrected chi connectivity index (χ3v) is 4.17. The van der Waals surface area contributed by atoms with Crippen molar-refractivity contribution in [1.29, 1.82) is 0 Å². The molecule has 1 N–H and O–H groups in total. The van der Waals surface area contributed by atoms with E-state index in [2.05, 4.69) is 4.98 Å². The zero-order valence-electron chi connectivity index (χ0n) is 12.9. The highest BCUT2D eigenvalue weighted by Gasteiger charge is 2.24. The third kappa shape index (κ3) is 3.31. The van der Waals surface area contributed by atoms with Crippen LogP contribution in [0, 0.1) is 0 Å². The van der Waals surface area contributed by atoms with Crippen LogP contribution in [0.15, 0.2) is 30.5 Å². The standard InChI is InChI=1S/C17H22N2O3/c1-21-10-11-22-15-5-8-19(9-6-15)17(20)14-3-2-13-4-7-18-16(13)12-14/h2-4,7,12,15,18H,5-6,8-11H2,1H3. The Labute approximate surface area is 130 Å². The van der Waals surface area contributed by atoms with Crippen molar-refractivity contribution < 1.29 is 14.3 Å². The highest BCUT2D eigenvalue weighted by Crippen LogP contribution is 2.19. The van der Waals surface area contributed by atoms with Crippen molar-refractivity contribution in [3.05, 3.63) is 36.0 Å². The number of rotatable bonds is 5. The smallest absolute Gasteiger partial charge is 0.253 e. The average molecular weight is 302 g/mol. The second-order valence-corrected chi connectivity index (χ2v) is 5.63. The molecule has 2 heterocycles. The number of likely N-dealkylation sites (tertiary alicyclic amines) is 1. The molecule has 1 saturated heterocycles. The fourth-order valence-corrected chi connectivity index (χ4v) is 2.89. The molecule has 0 saturated carbocycles. The zero-order chi connectivity index (χ0) is 15.4. The molecular formula is C17H22N2O3. The van der Waals surface area contributed by atoms with Crippen molar-refractivity contribution in [2.24, 2.45) is 0 Å². The lowest BCUT2D eigenvalue weighted by molar-refractivity contribution is -0.0122. The van der Waals surface area contributed by atoms with E-state index in [0.29, 0.717) is 13.2 Å². The van der Waals surface area contributed by atoms with Crippen LogP contribution in [0.2, 0.25) is 0 Å². The lowest BCUT2D eigenvalue weighted by Gasteiger charge is -2.32. The maximum absolute atomic E-state index is 12.6. The van der Waals surface area contributed by atoms with Crippen molar-refractivity contribution >= 4 is 16.8 Å². The largest absolute Gasteiger partial charge is 0.382 e. The van der Waals surface area contributed by atoms with Gasteiger partial charge in [-0.15, -0.1) is 0 Å². The topological polar surface area (TPSA) is 54.6 Å². The normalized spacial score (nSPS) is 16.3. The molecule has 5 heteroatoms. The molecule has 118 valence electrons. The number of carbonyl (C=O) groups is 1. The monoisotopic (exact) mass is 302 g/mol. The second-order valence-electron chi connectivity index (χ2n) is 5.63. The lowest BCUT2D eigenvalue weighted by Crippen LogP contribution is -2.41. The second kappa shape index (κ2) is 6.94. The number of carbonyl (C=O) groups excluding carboxylic acids is 1. The van der Waals surface area contributed by atoms with E-state index in [-0.39, 0.29) is 12.0 Å². The number of benzene rings is 1. The Hall–Kier alpha value is -1.85. The van der Waals surface area contributed by atoms with Crippen LogP contribution >= 0.6 is 0 Å². The Morgan fingerprint density at radius 1 is 1.27 bits per heavy atom. The van der Waals surface area contributed by atoms with Gasteiger partial charge in [-0.05, 0) is 36.4 Å². The fourth-order valence-electron chi connectivity index (χ4n) is 2.89. The first-order valence-corrected chi connectivity index (χ1v) is 7.75. The third-order valence-electron chi connectivity index (χ3n) is 4.17. The summed E-state index contributed by atoms with van der Waals surface area (Å²) < 4.78 is 10.7. The first-order chi connectivity index (χ1) is 10.8. The van der Waals surface area contributed by atoms with Crippen LogP contribution in [-0.4, -0.2) is 55.3 Å². The number of hydrogen-bond acceptors (Lipinski definition) is 3. The van der Waals surface area contributed by atoms with Gasteiger partial charge in [-0.1, -0.05) is 6.07 Å². The Morgan fingerprint density at radius 3 is 2.86 bits per heavy atom. The number of aromatic nitrogens is 1. The summed E-state index contributed by atoms with van der Waals surface area (Å²) >= 11 is 0. The quantitative estimate of drug-likeness (QED) is 0.863. The van der Waals surface area contributed by atoms with Crippen molar-refractivity contribution in [3.8, 4) is 0 Å². The van der Waals surface area contributed by atoms with E-state index in [4.69, 9.17) is 9.47 Å². The molecule has 0 spiro atoms. The minimum atomic E-state index is 0.104. The summed E-state index contributed by atoms with van der Waals surface area (Å²) in [4.78, 5) is 17.7. The maximum Gasteiger partial charge on any atom is 0.253 e. The lowest BCUT2D eigenvalue weighted by atomic mass is 10.1. The number of ether oxygens (including phenoxy) is 2. The summed E-state index contributed by atoms with van der Waals surface area (Å²) in [6.45, 7) is 2.74. The molecule has 3 rings (SSSR count). The van der Waals surface area contributed by atoms with Gasteiger partial charge in [0.1, 0.15) is 0 Å². The molecule has 22 heavy (non-hydrogen) atoms. The number of methoxy groups -OCH3 is 1. The Bertz CT molecular complexity index is 630. The molecule has 1 aromatic carbocycles. The van der Waals surface area contributed by atoms with E-state index in [0.717, 1.165) is 42.4 Å². The number of piperidine rings is 1. The van der Waals surface area contributed by atoms with E-state index in [9.17, 15) is 4.79 Å². The van der Waals surface area contributed by atoms with E-state index in [1.807, 2.05) is 35.4 Å². The number of fused-ring (bicyclic) bond motifs is 1. The minimum absolute atomic E-state index is 0.104. The SMILES string of the molecule is COCCOC1CCN(C(=O)c2ccc3cc[nH]c3c2)CC1. The van der Waals surface area contributed by atoms with Crippen molar-refractivity contribution in [3.63, 3.8) is 0 Å². The average Bonchev–Trinajstić information content (AvgIpc) is 3.02. The molecule has 1 aliphatic rings. The number of amides is 1. The van der Waals surface area contributed by atoms with Gasteiger partial charge in [-0.25, -0.2) is 0 Å². The number of nitrogens with zero attached hydrogens (tertiary/aromatic N) is 1. The summed E-state index contributed by atoms with van der Waals surface area (Å²) in [7, 11) is 1.67. The summed E-state index contributed by atoms with van der Waals surface area (Å²) in [6.07, 6.45) is 3.91. The molecule has 0 radical (unpaired) electrons. The Morgan fingerprint density at radius 2 is 2.09 bits per heavy atom. The Kier molecular flexibility index (Phi) is 4.75. The van der Waals surface area contributed by atoms with E-state index < -0.39 is 0 Å². The van der Waals surface area contributed by atoms with Crippen LogP contribution in [0.4, 0.5) is 0 Å². The van der Waals surface area contributed by atoms with Gasteiger partial charge < -0.3 is 19.4 Å². The molecule has 5 nitrogen and oxygen atoms in total. The predicted molar refractivity (Wildman–Crippen MR) is 85.1 cm³/mol. The molecule has 1 fully saturated rings. The highest BCUT2D eigenvalue weighted by molar-refractivity contribution is 5.97.